The molecule has 0 radical (unpaired) electrons. The summed E-state index contributed by atoms with van der Waals surface area (Å²) in [7, 11) is 0. The predicted molar refractivity (Wildman–Crippen MR) is 60.8 cm³/mol. The third-order valence-corrected chi connectivity index (χ3v) is 3.16. The molecule has 1 aliphatic carbocycles. The first-order chi connectivity index (χ1) is 7.65. The molecule has 16 heavy (non-hydrogen) atoms. The standard InChI is InChI=1S/C13H16O3/c1-3-16-13(15)11-7-12(14)8(2)9-5-4-6-10(9)11/h7,14H,3-6H2,1-2H3. The van der Waals surface area contributed by atoms with E-state index >= 15 is 0 Å². The minimum Gasteiger partial charge on any atom is -0.508 e. The van der Waals surface area contributed by atoms with E-state index in [2.05, 4.69) is 0 Å². The first-order valence-electron chi connectivity index (χ1n) is 5.66. The first-order valence-corrected chi connectivity index (χ1v) is 5.66. The van der Waals surface area contributed by atoms with Crippen molar-refractivity contribution in [2.24, 2.45) is 0 Å². The number of phenolic OH excluding ortho intramolecular Hbond substituents is 1. The van der Waals surface area contributed by atoms with Crippen LogP contribution in [0.15, 0.2) is 6.07 Å². The van der Waals surface area contributed by atoms with Crippen molar-refractivity contribution in [1.82, 2.24) is 0 Å². The molecule has 0 saturated heterocycles. The number of aromatic hydroxyl groups is 1. The van der Waals surface area contributed by atoms with Crippen LogP contribution in [0.1, 0.15) is 40.4 Å². The second kappa shape index (κ2) is 4.16. The SMILES string of the molecule is CCOC(=O)c1cc(O)c(C)c2c1CCC2. The van der Waals surface area contributed by atoms with Crippen molar-refractivity contribution in [2.75, 3.05) is 6.61 Å². The fourth-order valence-corrected chi connectivity index (χ4v) is 2.33. The van der Waals surface area contributed by atoms with Gasteiger partial charge in [0.15, 0.2) is 0 Å². The Bertz CT molecular complexity index is 435. The Labute approximate surface area is 95.0 Å². The van der Waals surface area contributed by atoms with Gasteiger partial charge in [-0.15, -0.1) is 0 Å². The molecule has 0 amide bonds. The highest BCUT2D eigenvalue weighted by molar-refractivity contribution is 5.92. The molecule has 0 bridgehead atoms. The molecule has 0 heterocycles. The molecule has 0 fully saturated rings. The van der Waals surface area contributed by atoms with Crippen LogP contribution < -0.4 is 0 Å². The lowest BCUT2D eigenvalue weighted by atomic mass is 9.98. The molecule has 2 rings (SSSR count). The van der Waals surface area contributed by atoms with Crippen molar-refractivity contribution in [2.45, 2.75) is 33.1 Å². The van der Waals surface area contributed by atoms with E-state index in [-0.39, 0.29) is 11.7 Å². The van der Waals surface area contributed by atoms with Gasteiger partial charge >= 0.3 is 5.97 Å². The molecular formula is C13H16O3. The minimum atomic E-state index is -0.323. The van der Waals surface area contributed by atoms with Crippen LogP contribution in [0.3, 0.4) is 0 Å². The van der Waals surface area contributed by atoms with Gasteiger partial charge in [0.25, 0.3) is 0 Å². The van der Waals surface area contributed by atoms with E-state index in [9.17, 15) is 9.90 Å². The summed E-state index contributed by atoms with van der Waals surface area (Å²) < 4.78 is 5.00. The zero-order valence-electron chi connectivity index (χ0n) is 9.67. The maximum atomic E-state index is 11.7. The Balaban J connectivity index is 2.51. The average Bonchev–Trinajstić information content (AvgIpc) is 2.72. The van der Waals surface area contributed by atoms with Gasteiger partial charge < -0.3 is 9.84 Å². The van der Waals surface area contributed by atoms with Crippen LogP contribution in [-0.2, 0) is 17.6 Å². The van der Waals surface area contributed by atoms with E-state index in [1.807, 2.05) is 6.92 Å². The second-order valence-corrected chi connectivity index (χ2v) is 4.10. The van der Waals surface area contributed by atoms with E-state index in [1.165, 1.54) is 6.07 Å². The van der Waals surface area contributed by atoms with Gasteiger partial charge in [-0.3, -0.25) is 0 Å². The van der Waals surface area contributed by atoms with Crippen molar-refractivity contribution in [3.8, 4) is 5.75 Å². The molecule has 0 saturated carbocycles. The van der Waals surface area contributed by atoms with Crippen LogP contribution >= 0.6 is 0 Å². The van der Waals surface area contributed by atoms with Crippen LogP contribution in [0.5, 0.6) is 5.75 Å². The minimum absolute atomic E-state index is 0.198. The molecule has 1 aromatic carbocycles. The van der Waals surface area contributed by atoms with Gasteiger partial charge in [0.1, 0.15) is 5.75 Å². The Kier molecular flexibility index (Phi) is 2.86. The zero-order chi connectivity index (χ0) is 11.7. The fraction of sp³-hybridized carbons (Fsp3) is 0.462. The lowest BCUT2D eigenvalue weighted by Gasteiger charge is -2.11. The maximum absolute atomic E-state index is 11.7. The highest BCUT2D eigenvalue weighted by Crippen LogP contribution is 2.34. The van der Waals surface area contributed by atoms with Crippen molar-refractivity contribution in [1.29, 1.82) is 0 Å². The Morgan fingerprint density at radius 3 is 2.81 bits per heavy atom. The number of hydrogen-bond acceptors (Lipinski definition) is 3. The molecule has 1 aromatic rings. The van der Waals surface area contributed by atoms with E-state index < -0.39 is 0 Å². The summed E-state index contributed by atoms with van der Waals surface area (Å²) in [5.41, 5.74) is 3.63. The summed E-state index contributed by atoms with van der Waals surface area (Å²) >= 11 is 0. The second-order valence-electron chi connectivity index (χ2n) is 4.10. The van der Waals surface area contributed by atoms with Gasteiger partial charge in [0, 0.05) is 0 Å². The highest BCUT2D eigenvalue weighted by Gasteiger charge is 2.23. The van der Waals surface area contributed by atoms with Gasteiger partial charge in [-0.05, 0) is 55.9 Å². The first kappa shape index (κ1) is 11.0. The van der Waals surface area contributed by atoms with Crippen LogP contribution in [0, 0.1) is 6.92 Å². The van der Waals surface area contributed by atoms with E-state index in [0.29, 0.717) is 12.2 Å². The van der Waals surface area contributed by atoms with Crippen molar-refractivity contribution < 1.29 is 14.6 Å². The molecule has 3 heteroatoms. The van der Waals surface area contributed by atoms with Crippen LogP contribution in [0.25, 0.3) is 0 Å². The summed E-state index contributed by atoms with van der Waals surface area (Å²) in [4.78, 5) is 11.7. The summed E-state index contributed by atoms with van der Waals surface area (Å²) in [6.45, 7) is 4.04. The third kappa shape index (κ3) is 1.66. The number of ether oxygens (including phenoxy) is 1. The monoisotopic (exact) mass is 220 g/mol. The van der Waals surface area contributed by atoms with E-state index in [4.69, 9.17) is 4.74 Å². The van der Waals surface area contributed by atoms with Crippen LogP contribution in [0.4, 0.5) is 0 Å². The molecular weight excluding hydrogens is 204 g/mol. The number of hydrogen-bond donors (Lipinski definition) is 1. The lowest BCUT2D eigenvalue weighted by molar-refractivity contribution is 0.0524. The predicted octanol–water partition coefficient (Wildman–Crippen LogP) is 2.37. The Morgan fingerprint density at radius 1 is 1.44 bits per heavy atom. The number of fused-ring (bicyclic) bond motifs is 1. The quantitative estimate of drug-likeness (QED) is 0.778. The largest absolute Gasteiger partial charge is 0.508 e. The van der Waals surface area contributed by atoms with Gasteiger partial charge in [-0.2, -0.15) is 0 Å². The number of phenols is 1. The summed E-state index contributed by atoms with van der Waals surface area (Å²) in [5.74, 6) is -0.125. The fourth-order valence-electron chi connectivity index (χ4n) is 2.33. The summed E-state index contributed by atoms with van der Waals surface area (Å²) in [6, 6.07) is 1.54. The summed E-state index contributed by atoms with van der Waals surface area (Å²) in [5, 5.41) is 9.77. The van der Waals surface area contributed by atoms with Gasteiger partial charge in [-0.1, -0.05) is 0 Å². The molecule has 0 atom stereocenters. The van der Waals surface area contributed by atoms with Crippen LogP contribution in [-0.4, -0.2) is 17.7 Å². The average molecular weight is 220 g/mol. The molecule has 0 aromatic heterocycles. The van der Waals surface area contributed by atoms with Crippen molar-refractivity contribution in [3.63, 3.8) is 0 Å². The topological polar surface area (TPSA) is 46.5 Å². The highest BCUT2D eigenvalue weighted by atomic mass is 16.5. The molecule has 1 N–H and O–H groups in total. The number of carbonyl (C=O) groups excluding carboxylic acids is 1. The van der Waals surface area contributed by atoms with Gasteiger partial charge in [0.2, 0.25) is 0 Å². The molecule has 0 spiro atoms. The Morgan fingerprint density at radius 2 is 2.12 bits per heavy atom. The normalized spacial score (nSPS) is 13.6. The van der Waals surface area contributed by atoms with Gasteiger partial charge in [0.05, 0.1) is 12.2 Å². The molecule has 0 unspecified atom stereocenters. The van der Waals surface area contributed by atoms with Crippen molar-refractivity contribution in [3.05, 3.63) is 28.3 Å². The molecule has 0 aliphatic heterocycles. The lowest BCUT2D eigenvalue weighted by Crippen LogP contribution is -2.08. The van der Waals surface area contributed by atoms with Crippen molar-refractivity contribution >= 4 is 5.97 Å². The molecule has 3 nitrogen and oxygen atoms in total. The maximum Gasteiger partial charge on any atom is 0.338 e. The number of esters is 1. The van der Waals surface area contributed by atoms with E-state index in [1.54, 1.807) is 6.92 Å². The van der Waals surface area contributed by atoms with E-state index in [0.717, 1.165) is 36.0 Å². The number of carbonyl (C=O) groups is 1. The molecule has 86 valence electrons. The Hall–Kier alpha value is -1.51. The smallest absolute Gasteiger partial charge is 0.338 e. The summed E-state index contributed by atoms with van der Waals surface area (Å²) in [6.07, 6.45) is 2.90. The number of rotatable bonds is 2. The number of benzene rings is 1. The third-order valence-electron chi connectivity index (χ3n) is 3.16. The molecule has 1 aliphatic rings. The van der Waals surface area contributed by atoms with Gasteiger partial charge in [-0.25, -0.2) is 4.79 Å². The zero-order valence-corrected chi connectivity index (χ0v) is 9.67. The van der Waals surface area contributed by atoms with Crippen LogP contribution in [0.2, 0.25) is 0 Å².